The molecule has 0 aliphatic carbocycles. The summed E-state index contributed by atoms with van der Waals surface area (Å²) in [5, 5.41) is 10.9. The van der Waals surface area contributed by atoms with Crippen molar-refractivity contribution in [3.8, 4) is 11.4 Å². The molecule has 2 atom stereocenters. The second-order valence-corrected chi connectivity index (χ2v) is 8.34. The minimum absolute atomic E-state index is 0.206. The predicted molar refractivity (Wildman–Crippen MR) is 127 cm³/mol. The Kier molecular flexibility index (Phi) is 5.28. The largest absolute Gasteiger partial charge is 0.328 e. The summed E-state index contributed by atoms with van der Waals surface area (Å²) in [6, 6.07) is 20.7. The van der Waals surface area contributed by atoms with Crippen LogP contribution in [0, 0.1) is 5.92 Å². The fourth-order valence-corrected chi connectivity index (χ4v) is 4.26. The first kappa shape index (κ1) is 20.1. The Morgan fingerprint density at radius 3 is 2.69 bits per heavy atom. The Bertz CT molecular complexity index is 1290. The number of amides is 1. The summed E-state index contributed by atoms with van der Waals surface area (Å²) in [5.41, 5.74) is 2.98. The van der Waals surface area contributed by atoms with E-state index in [1.165, 1.54) is 0 Å². The lowest BCUT2D eigenvalue weighted by molar-refractivity contribution is -0.119. The van der Waals surface area contributed by atoms with E-state index in [9.17, 15) is 4.79 Å². The molecule has 32 heavy (non-hydrogen) atoms. The van der Waals surface area contributed by atoms with E-state index in [1.54, 1.807) is 29.2 Å². The van der Waals surface area contributed by atoms with Gasteiger partial charge in [-0.2, -0.15) is 4.98 Å². The van der Waals surface area contributed by atoms with Crippen molar-refractivity contribution in [2.75, 3.05) is 10.6 Å². The zero-order valence-corrected chi connectivity index (χ0v) is 18.5. The molecular weight excluding hydrogens is 468 g/mol. The molecule has 8 heteroatoms. The van der Waals surface area contributed by atoms with Crippen LogP contribution in [0.4, 0.5) is 11.6 Å². The number of hydrogen-bond acceptors (Lipinski definition) is 5. The van der Waals surface area contributed by atoms with Crippen LogP contribution in [0.2, 0.25) is 0 Å². The van der Waals surface area contributed by atoms with Crippen LogP contribution in [0.5, 0.6) is 0 Å². The first-order valence-electron chi connectivity index (χ1n) is 10.0. The van der Waals surface area contributed by atoms with Crippen molar-refractivity contribution in [1.82, 2.24) is 19.7 Å². The van der Waals surface area contributed by atoms with Gasteiger partial charge < -0.3 is 10.6 Å². The van der Waals surface area contributed by atoms with Crippen molar-refractivity contribution in [3.63, 3.8) is 0 Å². The van der Waals surface area contributed by atoms with Crippen LogP contribution in [-0.4, -0.2) is 25.7 Å². The van der Waals surface area contributed by atoms with E-state index in [4.69, 9.17) is 5.10 Å². The van der Waals surface area contributed by atoms with Crippen molar-refractivity contribution in [1.29, 1.82) is 0 Å². The summed E-state index contributed by atoms with van der Waals surface area (Å²) in [4.78, 5) is 22.2. The van der Waals surface area contributed by atoms with Crippen molar-refractivity contribution in [2.45, 2.75) is 6.04 Å². The van der Waals surface area contributed by atoms with Crippen LogP contribution in [-0.2, 0) is 4.79 Å². The van der Waals surface area contributed by atoms with Gasteiger partial charge in [-0.1, -0.05) is 65.0 Å². The fourth-order valence-electron chi connectivity index (χ4n) is 3.85. The van der Waals surface area contributed by atoms with Gasteiger partial charge in [-0.15, -0.1) is 5.10 Å². The van der Waals surface area contributed by atoms with Gasteiger partial charge in [0.2, 0.25) is 11.9 Å². The lowest BCUT2D eigenvalue weighted by atomic mass is 9.88. The van der Waals surface area contributed by atoms with Crippen molar-refractivity contribution in [3.05, 3.63) is 101 Å². The van der Waals surface area contributed by atoms with Crippen LogP contribution in [0.15, 0.2) is 95.9 Å². The third-order valence-corrected chi connectivity index (χ3v) is 5.79. The maximum Gasteiger partial charge on any atom is 0.236 e. The SMILES string of the molecule is C=C1Nc2nc(-c3ccccc3)nn2C(c2cccc(Br)c2)C1C(=O)Nc1cccnc1. The Hall–Kier alpha value is -3.78. The highest BCUT2D eigenvalue weighted by Crippen LogP contribution is 2.39. The molecule has 0 saturated heterocycles. The highest BCUT2D eigenvalue weighted by atomic mass is 79.9. The molecule has 3 heterocycles. The molecule has 1 aliphatic heterocycles. The number of carbonyl (C=O) groups excluding carboxylic acids is 1. The molecule has 2 aromatic carbocycles. The molecule has 1 amide bonds. The van der Waals surface area contributed by atoms with Crippen LogP contribution in [0.1, 0.15) is 11.6 Å². The Morgan fingerprint density at radius 1 is 1.09 bits per heavy atom. The van der Waals surface area contributed by atoms with E-state index < -0.39 is 12.0 Å². The Morgan fingerprint density at radius 2 is 1.94 bits per heavy atom. The average Bonchev–Trinajstić information content (AvgIpc) is 3.23. The molecule has 0 radical (unpaired) electrons. The quantitative estimate of drug-likeness (QED) is 0.429. The van der Waals surface area contributed by atoms with Crippen LogP contribution < -0.4 is 10.6 Å². The number of fused-ring (bicyclic) bond motifs is 1. The number of benzene rings is 2. The lowest BCUT2D eigenvalue weighted by Crippen LogP contribution is -2.39. The van der Waals surface area contributed by atoms with Gasteiger partial charge >= 0.3 is 0 Å². The number of pyridine rings is 1. The molecule has 2 aromatic heterocycles. The monoisotopic (exact) mass is 486 g/mol. The molecule has 158 valence electrons. The number of nitrogens with one attached hydrogen (secondary N) is 2. The van der Waals surface area contributed by atoms with Gasteiger partial charge in [0.15, 0.2) is 5.82 Å². The molecular formula is C24H19BrN6O. The molecule has 4 aromatic rings. The topological polar surface area (TPSA) is 84.7 Å². The van der Waals surface area contributed by atoms with Gasteiger partial charge in [-0.25, -0.2) is 4.68 Å². The van der Waals surface area contributed by atoms with Crippen molar-refractivity contribution >= 4 is 33.5 Å². The van der Waals surface area contributed by atoms with E-state index in [0.717, 1.165) is 15.6 Å². The first-order valence-corrected chi connectivity index (χ1v) is 10.8. The third kappa shape index (κ3) is 3.80. The van der Waals surface area contributed by atoms with Gasteiger partial charge in [0.05, 0.1) is 17.9 Å². The number of hydrogen-bond donors (Lipinski definition) is 2. The highest BCUT2D eigenvalue weighted by molar-refractivity contribution is 9.10. The fraction of sp³-hybridized carbons (Fsp3) is 0.0833. The molecule has 0 saturated carbocycles. The lowest BCUT2D eigenvalue weighted by Gasteiger charge is -2.33. The van der Waals surface area contributed by atoms with Crippen molar-refractivity contribution < 1.29 is 4.79 Å². The van der Waals surface area contributed by atoms with E-state index in [-0.39, 0.29) is 5.91 Å². The minimum Gasteiger partial charge on any atom is -0.328 e. The second-order valence-electron chi connectivity index (χ2n) is 7.43. The number of carbonyl (C=O) groups is 1. The molecule has 1 aliphatic rings. The summed E-state index contributed by atoms with van der Waals surface area (Å²) in [5.74, 6) is 0.295. The standard InChI is InChI=1S/C24H19BrN6O/c1-15-20(23(32)28-19-11-6-12-26-14-19)21(17-9-5-10-18(25)13-17)31-24(27-15)29-22(30-31)16-7-3-2-4-8-16/h2-14,20-21H,1H2,(H,28,32)(H,27,29,30). The van der Waals surface area contributed by atoms with Crippen LogP contribution in [0.3, 0.4) is 0 Å². The Labute approximate surface area is 193 Å². The maximum absolute atomic E-state index is 13.4. The van der Waals surface area contributed by atoms with Gasteiger partial charge in [0.1, 0.15) is 5.92 Å². The zero-order chi connectivity index (χ0) is 22.1. The summed E-state index contributed by atoms with van der Waals surface area (Å²) in [6.45, 7) is 4.16. The van der Waals surface area contributed by atoms with Crippen LogP contribution >= 0.6 is 15.9 Å². The molecule has 0 fully saturated rings. The predicted octanol–water partition coefficient (Wildman–Crippen LogP) is 4.89. The highest BCUT2D eigenvalue weighted by Gasteiger charge is 2.40. The smallest absolute Gasteiger partial charge is 0.236 e. The van der Waals surface area contributed by atoms with E-state index in [0.29, 0.717) is 23.2 Å². The van der Waals surface area contributed by atoms with E-state index >= 15 is 0 Å². The van der Waals surface area contributed by atoms with Crippen molar-refractivity contribution in [2.24, 2.45) is 5.92 Å². The molecule has 0 bridgehead atoms. The van der Waals surface area contributed by atoms with Gasteiger partial charge in [-0.05, 0) is 29.8 Å². The number of aromatic nitrogens is 4. The second kappa shape index (κ2) is 8.39. The molecule has 0 spiro atoms. The third-order valence-electron chi connectivity index (χ3n) is 5.29. The Balaban J connectivity index is 1.60. The number of halogens is 1. The van der Waals surface area contributed by atoms with Gasteiger partial charge in [0, 0.05) is 21.9 Å². The average molecular weight is 487 g/mol. The number of rotatable bonds is 4. The van der Waals surface area contributed by atoms with Crippen LogP contribution in [0.25, 0.3) is 11.4 Å². The van der Waals surface area contributed by atoms with Gasteiger partial charge in [0.25, 0.3) is 0 Å². The number of nitrogens with zero attached hydrogens (tertiary/aromatic N) is 4. The van der Waals surface area contributed by atoms with E-state index in [1.807, 2.05) is 54.6 Å². The zero-order valence-electron chi connectivity index (χ0n) is 16.9. The molecule has 2 unspecified atom stereocenters. The van der Waals surface area contributed by atoms with Gasteiger partial charge in [-0.3, -0.25) is 9.78 Å². The maximum atomic E-state index is 13.4. The molecule has 5 rings (SSSR count). The number of anilines is 2. The minimum atomic E-state index is -0.623. The normalized spacial score (nSPS) is 17.3. The first-order chi connectivity index (χ1) is 15.6. The summed E-state index contributed by atoms with van der Waals surface area (Å²) in [6.07, 6.45) is 3.27. The summed E-state index contributed by atoms with van der Waals surface area (Å²) < 4.78 is 2.68. The molecule has 2 N–H and O–H groups in total. The molecule has 7 nitrogen and oxygen atoms in total. The summed E-state index contributed by atoms with van der Waals surface area (Å²) >= 11 is 3.54. The summed E-state index contributed by atoms with van der Waals surface area (Å²) in [7, 11) is 0. The van der Waals surface area contributed by atoms with E-state index in [2.05, 4.69) is 43.1 Å².